The standard InChI is InChI=1S/C11H14N4/c1-5-12-6-2-9(1)10-3-7-13-11-4-8-14-15(10)11/h3-4,7-9,12H,1-2,5-6H2. The Labute approximate surface area is 88.3 Å². The molecule has 0 amide bonds. The fourth-order valence-electron chi connectivity index (χ4n) is 2.28. The van der Waals surface area contributed by atoms with E-state index in [9.17, 15) is 0 Å². The molecule has 1 aliphatic rings. The van der Waals surface area contributed by atoms with Gasteiger partial charge in [0.15, 0.2) is 5.65 Å². The molecule has 1 N–H and O–H groups in total. The molecule has 0 radical (unpaired) electrons. The average Bonchev–Trinajstić information content (AvgIpc) is 2.78. The average molecular weight is 202 g/mol. The highest BCUT2D eigenvalue weighted by Crippen LogP contribution is 2.24. The predicted molar refractivity (Wildman–Crippen MR) is 57.8 cm³/mol. The topological polar surface area (TPSA) is 42.2 Å². The molecule has 78 valence electrons. The van der Waals surface area contributed by atoms with Gasteiger partial charge in [0.25, 0.3) is 0 Å². The van der Waals surface area contributed by atoms with Crippen molar-refractivity contribution in [3.63, 3.8) is 0 Å². The van der Waals surface area contributed by atoms with E-state index >= 15 is 0 Å². The van der Waals surface area contributed by atoms with Crippen LogP contribution in [0.15, 0.2) is 24.5 Å². The van der Waals surface area contributed by atoms with E-state index in [4.69, 9.17) is 0 Å². The number of piperidine rings is 1. The lowest BCUT2D eigenvalue weighted by molar-refractivity contribution is 0.446. The largest absolute Gasteiger partial charge is 0.317 e. The first-order chi connectivity index (χ1) is 7.45. The van der Waals surface area contributed by atoms with Gasteiger partial charge in [0, 0.05) is 23.9 Å². The van der Waals surface area contributed by atoms with Gasteiger partial charge in [-0.3, -0.25) is 0 Å². The molecule has 1 aliphatic heterocycles. The van der Waals surface area contributed by atoms with Gasteiger partial charge < -0.3 is 5.32 Å². The van der Waals surface area contributed by atoms with Crippen molar-refractivity contribution in [3.05, 3.63) is 30.2 Å². The summed E-state index contributed by atoms with van der Waals surface area (Å²) in [5.74, 6) is 0.622. The monoisotopic (exact) mass is 202 g/mol. The van der Waals surface area contributed by atoms with Gasteiger partial charge in [-0.1, -0.05) is 0 Å². The number of nitrogens with one attached hydrogen (secondary N) is 1. The quantitative estimate of drug-likeness (QED) is 0.755. The van der Waals surface area contributed by atoms with E-state index in [2.05, 4.69) is 21.5 Å². The summed E-state index contributed by atoms with van der Waals surface area (Å²) >= 11 is 0. The maximum absolute atomic E-state index is 4.33. The van der Waals surface area contributed by atoms with E-state index in [0.29, 0.717) is 5.92 Å². The van der Waals surface area contributed by atoms with E-state index in [1.165, 1.54) is 18.5 Å². The minimum absolute atomic E-state index is 0.622. The molecule has 15 heavy (non-hydrogen) atoms. The lowest BCUT2D eigenvalue weighted by atomic mass is 9.94. The van der Waals surface area contributed by atoms with Crippen LogP contribution in [0.5, 0.6) is 0 Å². The molecule has 3 heterocycles. The predicted octanol–water partition coefficient (Wildman–Crippen LogP) is 1.20. The first kappa shape index (κ1) is 8.85. The molecule has 1 saturated heterocycles. The van der Waals surface area contributed by atoms with Crippen molar-refractivity contribution in [2.24, 2.45) is 0 Å². The Morgan fingerprint density at radius 2 is 2.07 bits per heavy atom. The summed E-state index contributed by atoms with van der Waals surface area (Å²) in [6.45, 7) is 2.21. The molecule has 4 nitrogen and oxygen atoms in total. The zero-order chi connectivity index (χ0) is 10.1. The molecule has 0 atom stereocenters. The summed E-state index contributed by atoms with van der Waals surface area (Å²) in [6.07, 6.45) is 6.08. The van der Waals surface area contributed by atoms with E-state index in [1.54, 1.807) is 0 Å². The van der Waals surface area contributed by atoms with Crippen LogP contribution < -0.4 is 5.32 Å². The number of aromatic nitrogens is 3. The van der Waals surface area contributed by atoms with Gasteiger partial charge in [0.05, 0.1) is 6.20 Å². The Kier molecular flexibility index (Phi) is 2.14. The Morgan fingerprint density at radius 1 is 1.20 bits per heavy atom. The highest BCUT2D eigenvalue weighted by atomic mass is 15.2. The number of fused-ring (bicyclic) bond motifs is 1. The van der Waals surface area contributed by atoms with E-state index < -0.39 is 0 Å². The molecule has 2 aromatic rings. The third-order valence-electron chi connectivity index (χ3n) is 3.08. The molecule has 1 fully saturated rings. The van der Waals surface area contributed by atoms with Crippen molar-refractivity contribution in [2.45, 2.75) is 18.8 Å². The second kappa shape index (κ2) is 3.62. The van der Waals surface area contributed by atoms with Crippen LogP contribution >= 0.6 is 0 Å². The second-order valence-corrected chi connectivity index (χ2v) is 4.00. The smallest absolute Gasteiger partial charge is 0.155 e. The highest BCUT2D eigenvalue weighted by molar-refractivity contribution is 5.37. The van der Waals surface area contributed by atoms with Gasteiger partial charge >= 0.3 is 0 Å². The van der Waals surface area contributed by atoms with Crippen LogP contribution in [0, 0.1) is 0 Å². The summed E-state index contributed by atoms with van der Waals surface area (Å²) in [5, 5.41) is 7.71. The normalized spacial score (nSPS) is 18.4. The van der Waals surface area contributed by atoms with Crippen LogP contribution in [0.1, 0.15) is 24.5 Å². The summed E-state index contributed by atoms with van der Waals surface area (Å²) in [7, 11) is 0. The Hall–Kier alpha value is -1.42. The Bertz CT molecular complexity index is 456. The van der Waals surface area contributed by atoms with Crippen molar-refractivity contribution in [1.82, 2.24) is 19.9 Å². The lowest BCUT2D eigenvalue weighted by Crippen LogP contribution is -2.27. The molecule has 0 aliphatic carbocycles. The van der Waals surface area contributed by atoms with Crippen LogP contribution in [-0.4, -0.2) is 27.7 Å². The molecule has 0 bridgehead atoms. The number of nitrogens with zero attached hydrogens (tertiary/aromatic N) is 3. The lowest BCUT2D eigenvalue weighted by Gasteiger charge is -2.23. The molecule has 0 saturated carbocycles. The zero-order valence-electron chi connectivity index (χ0n) is 8.56. The Morgan fingerprint density at radius 3 is 2.93 bits per heavy atom. The van der Waals surface area contributed by atoms with Crippen LogP contribution in [-0.2, 0) is 0 Å². The van der Waals surface area contributed by atoms with Crippen molar-refractivity contribution in [2.75, 3.05) is 13.1 Å². The van der Waals surface area contributed by atoms with Crippen LogP contribution in [0.25, 0.3) is 5.65 Å². The molecule has 3 rings (SSSR count). The van der Waals surface area contributed by atoms with Crippen molar-refractivity contribution in [3.8, 4) is 0 Å². The maximum atomic E-state index is 4.33. The van der Waals surface area contributed by atoms with Gasteiger partial charge in [-0.05, 0) is 32.0 Å². The van der Waals surface area contributed by atoms with Crippen molar-refractivity contribution >= 4 is 5.65 Å². The molecular weight excluding hydrogens is 188 g/mol. The van der Waals surface area contributed by atoms with Crippen LogP contribution in [0.3, 0.4) is 0 Å². The molecule has 0 spiro atoms. The van der Waals surface area contributed by atoms with E-state index in [1.807, 2.05) is 23.0 Å². The van der Waals surface area contributed by atoms with Gasteiger partial charge in [0.2, 0.25) is 0 Å². The third-order valence-corrected chi connectivity index (χ3v) is 3.08. The molecule has 0 aromatic carbocycles. The second-order valence-electron chi connectivity index (χ2n) is 4.00. The van der Waals surface area contributed by atoms with E-state index in [-0.39, 0.29) is 0 Å². The first-order valence-electron chi connectivity index (χ1n) is 5.44. The number of hydrogen-bond donors (Lipinski definition) is 1. The van der Waals surface area contributed by atoms with Gasteiger partial charge in [-0.2, -0.15) is 5.10 Å². The van der Waals surface area contributed by atoms with Crippen molar-refractivity contribution in [1.29, 1.82) is 0 Å². The molecule has 2 aromatic heterocycles. The fraction of sp³-hybridized carbons (Fsp3) is 0.455. The minimum Gasteiger partial charge on any atom is -0.317 e. The molecule has 0 unspecified atom stereocenters. The molecule has 4 heteroatoms. The van der Waals surface area contributed by atoms with Crippen LogP contribution in [0.2, 0.25) is 0 Å². The summed E-state index contributed by atoms with van der Waals surface area (Å²) in [4.78, 5) is 4.28. The number of hydrogen-bond acceptors (Lipinski definition) is 3. The van der Waals surface area contributed by atoms with E-state index in [0.717, 1.165) is 18.7 Å². The SMILES string of the molecule is c1cc(C2CCNCC2)n2nccc2n1. The van der Waals surface area contributed by atoms with Gasteiger partial charge in [-0.15, -0.1) is 0 Å². The number of rotatable bonds is 1. The third kappa shape index (κ3) is 1.51. The zero-order valence-corrected chi connectivity index (χ0v) is 8.56. The fourth-order valence-corrected chi connectivity index (χ4v) is 2.28. The van der Waals surface area contributed by atoms with Gasteiger partial charge in [-0.25, -0.2) is 9.50 Å². The van der Waals surface area contributed by atoms with Gasteiger partial charge in [0.1, 0.15) is 0 Å². The van der Waals surface area contributed by atoms with Crippen molar-refractivity contribution < 1.29 is 0 Å². The highest BCUT2D eigenvalue weighted by Gasteiger charge is 2.17. The maximum Gasteiger partial charge on any atom is 0.155 e. The Balaban J connectivity index is 2.05. The minimum atomic E-state index is 0.622. The van der Waals surface area contributed by atoms with Crippen LogP contribution in [0.4, 0.5) is 0 Å². The summed E-state index contributed by atoms with van der Waals surface area (Å²) in [6, 6.07) is 4.04. The molecular formula is C11H14N4. The summed E-state index contributed by atoms with van der Waals surface area (Å²) in [5.41, 5.74) is 2.25. The first-order valence-corrected chi connectivity index (χ1v) is 5.44. The summed E-state index contributed by atoms with van der Waals surface area (Å²) < 4.78 is 1.97.